The molecule has 4 rings (SSSR count). The number of aryl methyl sites for hydroxylation is 1. The van der Waals surface area contributed by atoms with Crippen molar-refractivity contribution in [2.45, 2.75) is 84.4 Å². The van der Waals surface area contributed by atoms with Gasteiger partial charge in [-0.1, -0.05) is 43.5 Å². The van der Waals surface area contributed by atoms with Gasteiger partial charge in [-0.05, 0) is 58.6 Å². The van der Waals surface area contributed by atoms with Crippen molar-refractivity contribution in [2.24, 2.45) is 0 Å². The lowest BCUT2D eigenvalue weighted by atomic mass is 10.0. The summed E-state index contributed by atoms with van der Waals surface area (Å²) in [7, 11) is 0. The maximum atomic E-state index is 13.3. The number of piperidine rings is 1. The molecule has 2 aromatic heterocycles. The van der Waals surface area contributed by atoms with Gasteiger partial charge < -0.3 is 15.0 Å². The number of aromatic nitrogens is 3. The second kappa shape index (κ2) is 11.6. The van der Waals surface area contributed by atoms with Crippen LogP contribution in [0.2, 0.25) is 5.02 Å². The number of anilines is 1. The number of nitrogens with zero attached hydrogens (tertiary/aromatic N) is 4. The van der Waals surface area contributed by atoms with Crippen LogP contribution in [0.5, 0.6) is 0 Å². The Balaban J connectivity index is 1.70. The summed E-state index contributed by atoms with van der Waals surface area (Å²) in [6.45, 7) is 9.76. The number of unbranched alkanes of at least 4 members (excludes halogenated alkanes) is 2. The summed E-state index contributed by atoms with van der Waals surface area (Å²) in [5, 5.41) is 3.60. The van der Waals surface area contributed by atoms with Crippen molar-refractivity contribution < 1.29 is 9.53 Å². The van der Waals surface area contributed by atoms with Gasteiger partial charge in [0.1, 0.15) is 11.4 Å². The SMILES string of the molecule is CCCCCn1c(N2CCCCC2CNC(=O)OC(C)(C)C)cc(=O)n2cc(-c3ccc(Cl)cc3)nc12. The molecule has 0 radical (unpaired) electrons. The van der Waals surface area contributed by atoms with Gasteiger partial charge in [0.05, 0.1) is 5.69 Å². The number of ether oxygens (including phenoxy) is 1. The zero-order valence-corrected chi connectivity index (χ0v) is 23.1. The van der Waals surface area contributed by atoms with Gasteiger partial charge in [-0.25, -0.2) is 9.78 Å². The van der Waals surface area contributed by atoms with Crippen molar-refractivity contribution in [1.29, 1.82) is 0 Å². The monoisotopic (exact) mass is 527 g/mol. The highest BCUT2D eigenvalue weighted by molar-refractivity contribution is 6.30. The van der Waals surface area contributed by atoms with Crippen molar-refractivity contribution in [1.82, 2.24) is 19.3 Å². The lowest BCUT2D eigenvalue weighted by molar-refractivity contribution is 0.0522. The molecule has 1 N–H and O–H groups in total. The summed E-state index contributed by atoms with van der Waals surface area (Å²) in [6, 6.07) is 9.27. The second-order valence-electron chi connectivity index (χ2n) is 10.7. The molecule has 1 aromatic carbocycles. The third-order valence-corrected chi connectivity index (χ3v) is 6.87. The van der Waals surface area contributed by atoms with Gasteiger partial charge in [-0.15, -0.1) is 0 Å². The van der Waals surface area contributed by atoms with E-state index in [1.165, 1.54) is 0 Å². The molecule has 0 saturated carbocycles. The van der Waals surface area contributed by atoms with E-state index in [9.17, 15) is 9.59 Å². The second-order valence-corrected chi connectivity index (χ2v) is 11.2. The summed E-state index contributed by atoms with van der Waals surface area (Å²) in [6.07, 6.45) is 7.59. The molecule has 1 fully saturated rings. The van der Waals surface area contributed by atoms with Gasteiger partial charge in [-0.3, -0.25) is 13.8 Å². The Hall–Kier alpha value is -3.00. The first-order valence-corrected chi connectivity index (χ1v) is 13.7. The van der Waals surface area contributed by atoms with Crippen LogP contribution in [0.4, 0.5) is 10.6 Å². The number of carbonyl (C=O) groups excluding carboxylic acids is 1. The van der Waals surface area contributed by atoms with Crippen LogP contribution in [0.1, 0.15) is 66.2 Å². The molecule has 0 aliphatic carbocycles. The average Bonchev–Trinajstić information content (AvgIpc) is 3.30. The standard InChI is InChI=1S/C28H38ClN5O3/c1-5-6-8-16-33-24(32-15-9-7-10-22(32)18-30-27(36)37-28(2,3)4)17-25(35)34-19-23(31-26(33)34)20-11-13-21(29)14-12-20/h11-14,17,19,22H,5-10,15-16,18H2,1-4H3,(H,30,36). The third kappa shape index (κ3) is 6.66. The van der Waals surface area contributed by atoms with Crippen LogP contribution in [-0.4, -0.2) is 44.8 Å². The van der Waals surface area contributed by atoms with E-state index in [4.69, 9.17) is 21.3 Å². The van der Waals surface area contributed by atoms with Gasteiger partial charge in [-0.2, -0.15) is 0 Å². The number of fused-ring (bicyclic) bond motifs is 1. The number of carbonyl (C=O) groups is 1. The third-order valence-electron chi connectivity index (χ3n) is 6.62. The van der Waals surface area contributed by atoms with E-state index < -0.39 is 11.7 Å². The molecule has 0 bridgehead atoms. The van der Waals surface area contributed by atoms with Crippen LogP contribution in [0, 0.1) is 0 Å². The van der Waals surface area contributed by atoms with Crippen molar-refractivity contribution >= 4 is 29.3 Å². The van der Waals surface area contributed by atoms with E-state index >= 15 is 0 Å². The Morgan fingerprint density at radius 3 is 2.65 bits per heavy atom. The molecule has 1 atom stereocenters. The predicted octanol–water partition coefficient (Wildman–Crippen LogP) is 5.89. The van der Waals surface area contributed by atoms with Gasteiger partial charge >= 0.3 is 6.09 Å². The number of benzene rings is 1. The summed E-state index contributed by atoms with van der Waals surface area (Å²) in [5.41, 5.74) is 0.973. The zero-order valence-electron chi connectivity index (χ0n) is 22.3. The highest BCUT2D eigenvalue weighted by atomic mass is 35.5. The number of alkyl carbamates (subject to hydrolysis) is 1. The lowest BCUT2D eigenvalue weighted by Crippen LogP contribution is -2.49. The lowest BCUT2D eigenvalue weighted by Gasteiger charge is -2.39. The van der Waals surface area contributed by atoms with Gasteiger partial charge in [0, 0.05) is 48.5 Å². The Bertz CT molecular complexity index is 1280. The quantitative estimate of drug-likeness (QED) is 0.369. The molecular weight excluding hydrogens is 490 g/mol. The maximum absolute atomic E-state index is 13.3. The van der Waals surface area contributed by atoms with Crippen LogP contribution >= 0.6 is 11.6 Å². The Morgan fingerprint density at radius 1 is 1.19 bits per heavy atom. The largest absolute Gasteiger partial charge is 0.444 e. The van der Waals surface area contributed by atoms with Gasteiger partial charge in [0.25, 0.3) is 5.56 Å². The highest BCUT2D eigenvalue weighted by Gasteiger charge is 2.27. The molecule has 37 heavy (non-hydrogen) atoms. The molecule has 200 valence electrons. The first kappa shape index (κ1) is 27.0. The minimum absolute atomic E-state index is 0.0613. The fourth-order valence-corrected chi connectivity index (χ4v) is 4.97. The summed E-state index contributed by atoms with van der Waals surface area (Å²) >= 11 is 6.08. The van der Waals surface area contributed by atoms with E-state index in [1.807, 2.05) is 45.0 Å². The average molecular weight is 528 g/mol. The topological polar surface area (TPSA) is 80.9 Å². The molecule has 8 nitrogen and oxygen atoms in total. The number of halogens is 1. The molecule has 0 spiro atoms. The molecular formula is C28H38ClN5O3. The normalized spacial score (nSPS) is 16.2. The number of amides is 1. The molecule has 9 heteroatoms. The van der Waals surface area contributed by atoms with Gasteiger partial charge in [0.2, 0.25) is 5.78 Å². The van der Waals surface area contributed by atoms with Gasteiger partial charge in [0.15, 0.2) is 0 Å². The number of hydrogen-bond donors (Lipinski definition) is 1. The Kier molecular flexibility index (Phi) is 8.47. The molecule has 1 aliphatic heterocycles. The maximum Gasteiger partial charge on any atom is 0.407 e. The highest BCUT2D eigenvalue weighted by Crippen LogP contribution is 2.27. The molecule has 1 saturated heterocycles. The van der Waals surface area contributed by atoms with E-state index in [-0.39, 0.29) is 11.6 Å². The van der Waals surface area contributed by atoms with Crippen molar-refractivity contribution in [3.8, 4) is 11.3 Å². The fourth-order valence-electron chi connectivity index (χ4n) is 4.85. The predicted molar refractivity (Wildman–Crippen MR) is 149 cm³/mol. The van der Waals surface area contributed by atoms with Crippen LogP contribution in [0.25, 0.3) is 17.0 Å². The van der Waals surface area contributed by atoms with E-state index in [0.29, 0.717) is 17.3 Å². The van der Waals surface area contributed by atoms with Crippen molar-refractivity contribution in [2.75, 3.05) is 18.0 Å². The first-order chi connectivity index (χ1) is 17.7. The Morgan fingerprint density at radius 2 is 1.95 bits per heavy atom. The summed E-state index contributed by atoms with van der Waals surface area (Å²) in [5.74, 6) is 1.49. The van der Waals surface area contributed by atoms with Crippen molar-refractivity contribution in [3.63, 3.8) is 0 Å². The minimum Gasteiger partial charge on any atom is -0.444 e. The number of hydrogen-bond acceptors (Lipinski definition) is 5. The van der Waals surface area contributed by atoms with E-state index in [1.54, 1.807) is 16.7 Å². The smallest absolute Gasteiger partial charge is 0.407 e. The molecule has 1 amide bonds. The number of imidazole rings is 1. The molecule has 1 unspecified atom stereocenters. The summed E-state index contributed by atoms with van der Waals surface area (Å²) in [4.78, 5) is 32.9. The Labute approximate surface area is 223 Å². The van der Waals surface area contributed by atoms with Crippen LogP contribution < -0.4 is 15.8 Å². The van der Waals surface area contributed by atoms with Crippen molar-refractivity contribution in [3.05, 3.63) is 51.9 Å². The molecule has 3 aromatic rings. The summed E-state index contributed by atoms with van der Waals surface area (Å²) < 4.78 is 9.25. The molecule has 3 heterocycles. The first-order valence-electron chi connectivity index (χ1n) is 13.3. The minimum atomic E-state index is -0.552. The van der Waals surface area contributed by atoms with E-state index in [0.717, 1.165) is 68.7 Å². The number of nitrogens with one attached hydrogen (secondary N) is 1. The fraction of sp³-hybridized carbons (Fsp3) is 0.536. The van der Waals surface area contributed by atoms with Crippen LogP contribution in [0.3, 0.4) is 0 Å². The number of rotatable bonds is 8. The van der Waals surface area contributed by atoms with Crippen LogP contribution in [-0.2, 0) is 11.3 Å². The van der Waals surface area contributed by atoms with E-state index in [2.05, 4.69) is 21.7 Å². The van der Waals surface area contributed by atoms with Crippen LogP contribution in [0.15, 0.2) is 41.3 Å². The molecule has 1 aliphatic rings. The zero-order chi connectivity index (χ0) is 26.6.